The van der Waals surface area contributed by atoms with Crippen LogP contribution in [0, 0.1) is 5.82 Å². The topological polar surface area (TPSA) is 59.8 Å². The van der Waals surface area contributed by atoms with Gasteiger partial charge in [0, 0.05) is 24.1 Å². The van der Waals surface area contributed by atoms with Crippen molar-refractivity contribution in [3.05, 3.63) is 89.4 Å². The Morgan fingerprint density at radius 3 is 2.71 bits per heavy atom. The maximum Gasteiger partial charge on any atom is 0.251 e. The molecule has 158 valence electrons. The van der Waals surface area contributed by atoms with Crippen LogP contribution in [-0.4, -0.2) is 27.0 Å². The number of rotatable bonds is 8. The van der Waals surface area contributed by atoms with Crippen LogP contribution in [0.4, 0.5) is 4.39 Å². The molecular weight excluding hydrogens is 411 g/mol. The van der Waals surface area contributed by atoms with Crippen LogP contribution >= 0.6 is 11.8 Å². The average molecular weight is 435 g/mol. The van der Waals surface area contributed by atoms with E-state index in [4.69, 9.17) is 4.98 Å². The number of pyridine rings is 1. The maximum absolute atomic E-state index is 13.7. The third kappa shape index (κ3) is 5.11. The monoisotopic (exact) mass is 434 g/mol. The van der Waals surface area contributed by atoms with Gasteiger partial charge in [-0.15, -0.1) is 0 Å². The summed E-state index contributed by atoms with van der Waals surface area (Å²) in [6.07, 6.45) is 2.65. The van der Waals surface area contributed by atoms with Crippen LogP contribution in [0.5, 0.6) is 0 Å². The minimum atomic E-state index is -0.257. The standard InChI is InChI=1S/C24H23FN4OS/c1-2-12-27-23(30)19-10-8-17(9-11-19)16-31-24-28-21-7-4-13-26-22(21)29(24)15-18-5-3-6-20(25)14-18/h3-11,13-14H,2,12,15-16H2,1H3,(H,27,30). The summed E-state index contributed by atoms with van der Waals surface area (Å²) in [5, 5.41) is 3.71. The Balaban J connectivity index is 1.52. The molecule has 2 aromatic carbocycles. The number of nitrogens with zero attached hydrogens (tertiary/aromatic N) is 3. The first-order valence-corrected chi connectivity index (χ1v) is 11.2. The highest BCUT2D eigenvalue weighted by Crippen LogP contribution is 2.27. The second kappa shape index (κ2) is 9.75. The van der Waals surface area contributed by atoms with E-state index in [1.807, 2.05) is 54.0 Å². The Morgan fingerprint density at radius 2 is 1.94 bits per heavy atom. The van der Waals surface area contributed by atoms with E-state index < -0.39 is 0 Å². The maximum atomic E-state index is 13.7. The fourth-order valence-electron chi connectivity index (χ4n) is 3.25. The molecule has 2 heterocycles. The fourth-order valence-corrected chi connectivity index (χ4v) is 4.21. The number of aromatic nitrogens is 3. The van der Waals surface area contributed by atoms with Crippen molar-refractivity contribution in [3.63, 3.8) is 0 Å². The van der Waals surface area contributed by atoms with Crippen LogP contribution < -0.4 is 5.32 Å². The molecule has 0 radical (unpaired) electrons. The molecule has 0 bridgehead atoms. The Kier molecular flexibility index (Phi) is 6.62. The molecule has 2 aromatic heterocycles. The number of imidazole rings is 1. The molecule has 4 rings (SSSR count). The Hall–Kier alpha value is -3.19. The Bertz CT molecular complexity index is 1190. The van der Waals surface area contributed by atoms with Gasteiger partial charge in [0.05, 0.1) is 6.54 Å². The number of carbonyl (C=O) groups excluding carboxylic acids is 1. The summed E-state index contributed by atoms with van der Waals surface area (Å²) < 4.78 is 15.7. The Morgan fingerprint density at radius 1 is 1.10 bits per heavy atom. The number of carbonyl (C=O) groups is 1. The molecule has 0 spiro atoms. The van der Waals surface area contributed by atoms with E-state index in [1.54, 1.807) is 24.0 Å². The molecule has 5 nitrogen and oxygen atoms in total. The lowest BCUT2D eigenvalue weighted by molar-refractivity contribution is 0.0953. The largest absolute Gasteiger partial charge is 0.352 e. The van der Waals surface area contributed by atoms with Crippen LogP contribution in [0.2, 0.25) is 0 Å². The third-order valence-electron chi connectivity index (χ3n) is 4.82. The molecule has 0 atom stereocenters. The third-order valence-corrected chi connectivity index (χ3v) is 5.87. The SMILES string of the molecule is CCCNC(=O)c1ccc(CSc2nc3cccnc3n2Cc2cccc(F)c2)cc1. The molecule has 0 aliphatic carbocycles. The van der Waals surface area contributed by atoms with Gasteiger partial charge in [0.25, 0.3) is 5.91 Å². The van der Waals surface area contributed by atoms with Gasteiger partial charge in [0.2, 0.25) is 0 Å². The number of halogens is 1. The highest BCUT2D eigenvalue weighted by Gasteiger charge is 2.13. The van der Waals surface area contributed by atoms with Crippen LogP contribution in [0.1, 0.15) is 34.8 Å². The summed E-state index contributed by atoms with van der Waals surface area (Å²) in [5.74, 6) is 0.389. The molecule has 0 saturated heterocycles. The molecular formula is C24H23FN4OS. The lowest BCUT2D eigenvalue weighted by Crippen LogP contribution is -2.23. The molecule has 0 fully saturated rings. The quantitative estimate of drug-likeness (QED) is 0.394. The van der Waals surface area contributed by atoms with Crippen LogP contribution in [0.3, 0.4) is 0 Å². The van der Waals surface area contributed by atoms with Gasteiger partial charge in [0.15, 0.2) is 10.8 Å². The van der Waals surface area contributed by atoms with Gasteiger partial charge in [-0.2, -0.15) is 0 Å². The van der Waals surface area contributed by atoms with E-state index in [-0.39, 0.29) is 11.7 Å². The molecule has 0 aliphatic heterocycles. The molecule has 1 N–H and O–H groups in total. The van der Waals surface area contributed by atoms with E-state index in [9.17, 15) is 9.18 Å². The fraction of sp³-hybridized carbons (Fsp3) is 0.208. The average Bonchev–Trinajstić information content (AvgIpc) is 3.14. The summed E-state index contributed by atoms with van der Waals surface area (Å²) in [6.45, 7) is 3.19. The lowest BCUT2D eigenvalue weighted by atomic mass is 10.1. The van der Waals surface area contributed by atoms with Gasteiger partial charge in [-0.05, 0) is 53.9 Å². The molecule has 7 heteroatoms. The number of amides is 1. The zero-order chi connectivity index (χ0) is 21.6. The van der Waals surface area contributed by atoms with Gasteiger partial charge in [-0.1, -0.05) is 43.0 Å². The molecule has 0 saturated carbocycles. The second-order valence-corrected chi connectivity index (χ2v) is 8.14. The number of thioether (sulfide) groups is 1. The van der Waals surface area contributed by atoms with Crippen LogP contribution in [0.25, 0.3) is 11.2 Å². The zero-order valence-corrected chi connectivity index (χ0v) is 18.0. The van der Waals surface area contributed by atoms with Crippen molar-refractivity contribution < 1.29 is 9.18 Å². The number of hydrogen-bond acceptors (Lipinski definition) is 4. The number of nitrogens with one attached hydrogen (secondary N) is 1. The van der Waals surface area contributed by atoms with Crippen molar-refractivity contribution in [2.24, 2.45) is 0 Å². The van der Waals surface area contributed by atoms with E-state index in [1.165, 1.54) is 12.1 Å². The van der Waals surface area contributed by atoms with Gasteiger partial charge in [-0.25, -0.2) is 14.4 Å². The summed E-state index contributed by atoms with van der Waals surface area (Å²) in [6, 6.07) is 18.0. The highest BCUT2D eigenvalue weighted by molar-refractivity contribution is 7.98. The lowest BCUT2D eigenvalue weighted by Gasteiger charge is -2.09. The van der Waals surface area contributed by atoms with Crippen molar-refractivity contribution in [2.75, 3.05) is 6.54 Å². The summed E-state index contributed by atoms with van der Waals surface area (Å²) in [5.41, 5.74) is 4.19. The molecule has 4 aromatic rings. The van der Waals surface area contributed by atoms with Crippen molar-refractivity contribution in [1.82, 2.24) is 19.9 Å². The number of hydrogen-bond donors (Lipinski definition) is 1. The van der Waals surface area contributed by atoms with Crippen LogP contribution in [0.15, 0.2) is 72.0 Å². The minimum Gasteiger partial charge on any atom is -0.352 e. The minimum absolute atomic E-state index is 0.0518. The van der Waals surface area contributed by atoms with E-state index in [0.29, 0.717) is 24.4 Å². The van der Waals surface area contributed by atoms with Crippen LogP contribution in [-0.2, 0) is 12.3 Å². The predicted molar refractivity (Wildman–Crippen MR) is 122 cm³/mol. The van der Waals surface area contributed by atoms with Crippen molar-refractivity contribution >= 4 is 28.8 Å². The van der Waals surface area contributed by atoms with Crippen molar-refractivity contribution in [1.29, 1.82) is 0 Å². The van der Waals surface area contributed by atoms with Crippen molar-refractivity contribution in [3.8, 4) is 0 Å². The van der Waals surface area contributed by atoms with E-state index >= 15 is 0 Å². The summed E-state index contributed by atoms with van der Waals surface area (Å²) in [7, 11) is 0. The second-order valence-electron chi connectivity index (χ2n) is 7.20. The normalized spacial score (nSPS) is 11.0. The highest BCUT2D eigenvalue weighted by atomic mass is 32.2. The first-order chi connectivity index (χ1) is 15.1. The van der Waals surface area contributed by atoms with Gasteiger partial charge >= 0.3 is 0 Å². The first-order valence-electron chi connectivity index (χ1n) is 10.2. The molecule has 0 unspecified atom stereocenters. The molecule has 31 heavy (non-hydrogen) atoms. The zero-order valence-electron chi connectivity index (χ0n) is 17.2. The Labute approximate surface area is 184 Å². The van der Waals surface area contributed by atoms with Gasteiger partial charge in [0.1, 0.15) is 11.3 Å². The molecule has 0 aliphatic rings. The molecule has 1 amide bonds. The first kappa shape index (κ1) is 21.1. The van der Waals surface area contributed by atoms with Gasteiger partial charge in [-0.3, -0.25) is 9.36 Å². The predicted octanol–water partition coefficient (Wildman–Crippen LogP) is 5.05. The summed E-state index contributed by atoms with van der Waals surface area (Å²) in [4.78, 5) is 21.3. The van der Waals surface area contributed by atoms with E-state index in [2.05, 4.69) is 10.3 Å². The number of fused-ring (bicyclic) bond motifs is 1. The number of benzene rings is 2. The summed E-state index contributed by atoms with van der Waals surface area (Å²) >= 11 is 1.60. The smallest absolute Gasteiger partial charge is 0.251 e. The van der Waals surface area contributed by atoms with E-state index in [0.717, 1.165) is 33.9 Å². The van der Waals surface area contributed by atoms with Gasteiger partial charge < -0.3 is 5.32 Å². The van der Waals surface area contributed by atoms with Crippen molar-refractivity contribution in [2.45, 2.75) is 30.8 Å².